The number of nitrogens with one attached hydrogen (secondary N) is 1. The van der Waals surface area contributed by atoms with Crippen molar-refractivity contribution in [1.82, 2.24) is 10.2 Å². The number of piperidine rings is 1. The van der Waals surface area contributed by atoms with Crippen molar-refractivity contribution in [3.63, 3.8) is 0 Å². The van der Waals surface area contributed by atoms with Crippen LogP contribution in [0.3, 0.4) is 0 Å². The number of anilines is 1. The molecule has 1 N–H and O–H groups in total. The Morgan fingerprint density at radius 1 is 1.14 bits per heavy atom. The predicted molar refractivity (Wildman–Crippen MR) is 108 cm³/mol. The summed E-state index contributed by atoms with van der Waals surface area (Å²) in [5.74, 6) is 0.597. The summed E-state index contributed by atoms with van der Waals surface area (Å²) in [5.41, 5.74) is 1.59. The van der Waals surface area contributed by atoms with Gasteiger partial charge in [0.2, 0.25) is 0 Å². The Balaban J connectivity index is 1.50. The maximum atomic E-state index is 12.8. The van der Waals surface area contributed by atoms with Crippen molar-refractivity contribution in [2.45, 2.75) is 18.5 Å². The zero-order chi connectivity index (χ0) is 19.9. The fraction of sp³-hybridized carbons (Fsp3) is 0.333. The van der Waals surface area contributed by atoms with Crippen molar-refractivity contribution in [2.75, 3.05) is 32.1 Å². The molecule has 1 spiro atoms. The molecule has 0 atom stereocenters. The lowest BCUT2D eigenvalue weighted by molar-refractivity contribution is 0.0609. The molecule has 4 rings (SSSR count). The number of rotatable bonds is 2. The van der Waals surface area contributed by atoms with E-state index in [0.29, 0.717) is 42.1 Å². The molecule has 0 bridgehead atoms. The van der Waals surface area contributed by atoms with E-state index in [2.05, 4.69) is 10.2 Å². The van der Waals surface area contributed by atoms with Gasteiger partial charge >= 0.3 is 0 Å². The Hall–Kier alpha value is -2.73. The average Bonchev–Trinajstić information content (AvgIpc) is 2.72. The number of nitrogens with zero attached hydrogens (tertiary/aromatic N) is 2. The molecule has 2 aliphatic rings. The molecular formula is C21H22ClN3O3. The van der Waals surface area contributed by atoms with Crippen LogP contribution in [0, 0.1) is 0 Å². The van der Waals surface area contributed by atoms with E-state index < -0.39 is 5.66 Å². The Morgan fingerprint density at radius 2 is 1.82 bits per heavy atom. The van der Waals surface area contributed by atoms with Gasteiger partial charge in [0.1, 0.15) is 11.4 Å². The molecule has 2 aromatic rings. The molecule has 2 aromatic carbocycles. The average molecular weight is 400 g/mol. The van der Waals surface area contributed by atoms with E-state index in [0.717, 1.165) is 11.4 Å². The number of ether oxygens (including phenoxy) is 1. The lowest BCUT2D eigenvalue weighted by Gasteiger charge is -2.51. The first-order valence-corrected chi connectivity index (χ1v) is 9.60. The SMILES string of the molecule is COc1ccc(C(=O)N2CCC3(CC2)NC(=O)c2cc(Cl)ccc2N3C)cc1. The Morgan fingerprint density at radius 3 is 2.46 bits per heavy atom. The van der Waals surface area contributed by atoms with Crippen molar-refractivity contribution in [3.8, 4) is 5.75 Å². The van der Waals surface area contributed by atoms with Crippen molar-refractivity contribution in [3.05, 3.63) is 58.6 Å². The van der Waals surface area contributed by atoms with Crippen molar-refractivity contribution in [1.29, 1.82) is 0 Å². The third-order valence-electron chi connectivity index (χ3n) is 5.77. The quantitative estimate of drug-likeness (QED) is 0.842. The summed E-state index contributed by atoms with van der Waals surface area (Å²) >= 11 is 6.05. The Bertz CT molecular complexity index is 921. The summed E-state index contributed by atoms with van der Waals surface area (Å²) in [4.78, 5) is 29.4. The molecule has 6 nitrogen and oxygen atoms in total. The molecule has 0 aromatic heterocycles. The highest BCUT2D eigenvalue weighted by molar-refractivity contribution is 6.31. The molecule has 2 amide bonds. The largest absolute Gasteiger partial charge is 0.497 e. The molecule has 2 aliphatic heterocycles. The number of fused-ring (bicyclic) bond motifs is 1. The summed E-state index contributed by atoms with van der Waals surface area (Å²) in [6.45, 7) is 1.14. The first kappa shape index (κ1) is 18.6. The van der Waals surface area contributed by atoms with Gasteiger partial charge in [-0.3, -0.25) is 9.59 Å². The van der Waals surface area contributed by atoms with Gasteiger partial charge in [0.05, 0.1) is 18.4 Å². The highest BCUT2D eigenvalue weighted by Gasteiger charge is 2.44. The zero-order valence-corrected chi connectivity index (χ0v) is 16.6. The molecule has 0 aliphatic carbocycles. The van der Waals surface area contributed by atoms with Gasteiger partial charge in [-0.1, -0.05) is 11.6 Å². The summed E-state index contributed by atoms with van der Waals surface area (Å²) in [5, 5.41) is 3.69. The molecule has 28 heavy (non-hydrogen) atoms. The van der Waals surface area contributed by atoms with Crippen LogP contribution in [0.5, 0.6) is 5.75 Å². The molecule has 0 saturated carbocycles. The molecule has 7 heteroatoms. The number of hydrogen-bond acceptors (Lipinski definition) is 4. The molecule has 1 fully saturated rings. The number of carbonyl (C=O) groups excluding carboxylic acids is 2. The summed E-state index contributed by atoms with van der Waals surface area (Å²) < 4.78 is 5.15. The van der Waals surface area contributed by atoms with Crippen molar-refractivity contribution >= 4 is 29.1 Å². The van der Waals surface area contributed by atoms with Crippen LogP contribution in [0.15, 0.2) is 42.5 Å². The molecule has 0 unspecified atom stereocenters. The van der Waals surface area contributed by atoms with Crippen LogP contribution in [-0.4, -0.2) is 49.6 Å². The second-order valence-electron chi connectivity index (χ2n) is 7.23. The van der Waals surface area contributed by atoms with Gasteiger partial charge < -0.3 is 19.9 Å². The zero-order valence-electron chi connectivity index (χ0n) is 15.9. The van der Waals surface area contributed by atoms with E-state index in [1.54, 1.807) is 43.5 Å². The van der Waals surface area contributed by atoms with Crippen molar-refractivity contribution < 1.29 is 14.3 Å². The summed E-state index contributed by atoms with van der Waals surface area (Å²) in [6.07, 6.45) is 1.30. The lowest BCUT2D eigenvalue weighted by Crippen LogP contribution is -2.67. The topological polar surface area (TPSA) is 61.9 Å². The highest BCUT2D eigenvalue weighted by atomic mass is 35.5. The standard InChI is InChI=1S/C21H22ClN3O3/c1-24-18-8-5-15(22)13-17(18)19(26)23-21(24)9-11-25(12-10-21)20(27)14-3-6-16(28-2)7-4-14/h3-8,13H,9-12H2,1-2H3,(H,23,26). The molecule has 146 valence electrons. The lowest BCUT2D eigenvalue weighted by atomic mass is 9.90. The highest BCUT2D eigenvalue weighted by Crippen LogP contribution is 2.37. The van der Waals surface area contributed by atoms with Crippen LogP contribution < -0.4 is 15.0 Å². The van der Waals surface area contributed by atoms with Crippen LogP contribution in [0.1, 0.15) is 33.6 Å². The van der Waals surface area contributed by atoms with E-state index in [1.807, 2.05) is 18.0 Å². The van der Waals surface area contributed by atoms with E-state index in [1.165, 1.54) is 0 Å². The van der Waals surface area contributed by atoms with Gasteiger partial charge in [-0.15, -0.1) is 0 Å². The number of halogens is 1. The first-order chi connectivity index (χ1) is 13.4. The minimum Gasteiger partial charge on any atom is -0.497 e. The van der Waals surface area contributed by atoms with Gasteiger partial charge in [-0.25, -0.2) is 0 Å². The number of benzene rings is 2. The summed E-state index contributed by atoms with van der Waals surface area (Å²) in [7, 11) is 3.58. The molecular weight excluding hydrogens is 378 g/mol. The fourth-order valence-corrected chi connectivity index (χ4v) is 4.20. The number of amides is 2. The molecule has 1 saturated heterocycles. The van der Waals surface area contributed by atoms with Gasteiger partial charge in [-0.2, -0.15) is 0 Å². The van der Waals surface area contributed by atoms with Gasteiger partial charge in [0.25, 0.3) is 11.8 Å². The maximum absolute atomic E-state index is 12.8. The molecule has 2 heterocycles. The number of methoxy groups -OCH3 is 1. The van der Waals surface area contributed by atoms with Crippen molar-refractivity contribution in [2.24, 2.45) is 0 Å². The molecule has 0 radical (unpaired) electrons. The minimum absolute atomic E-state index is 0.00512. The number of likely N-dealkylation sites (tertiary alicyclic amines) is 1. The van der Waals surface area contributed by atoms with Crippen LogP contribution in [0.2, 0.25) is 5.02 Å². The van der Waals surface area contributed by atoms with Gasteiger partial charge in [0, 0.05) is 43.6 Å². The first-order valence-electron chi connectivity index (χ1n) is 9.23. The third kappa shape index (κ3) is 3.07. The van der Waals surface area contributed by atoms with E-state index in [4.69, 9.17) is 16.3 Å². The van der Waals surface area contributed by atoms with E-state index in [-0.39, 0.29) is 11.8 Å². The smallest absolute Gasteiger partial charge is 0.255 e. The Kier molecular flexibility index (Phi) is 4.67. The van der Waals surface area contributed by atoms with Crippen LogP contribution in [0.4, 0.5) is 5.69 Å². The van der Waals surface area contributed by atoms with Crippen LogP contribution in [-0.2, 0) is 0 Å². The summed E-state index contributed by atoms with van der Waals surface area (Å²) in [6, 6.07) is 12.5. The Labute approximate surface area is 169 Å². The van der Waals surface area contributed by atoms with Gasteiger partial charge in [-0.05, 0) is 42.5 Å². The second kappa shape index (κ2) is 7.02. The van der Waals surface area contributed by atoms with Gasteiger partial charge in [0.15, 0.2) is 0 Å². The van der Waals surface area contributed by atoms with E-state index in [9.17, 15) is 9.59 Å². The minimum atomic E-state index is -0.491. The van der Waals surface area contributed by atoms with E-state index >= 15 is 0 Å². The third-order valence-corrected chi connectivity index (χ3v) is 6.00. The second-order valence-corrected chi connectivity index (χ2v) is 7.66. The fourth-order valence-electron chi connectivity index (χ4n) is 4.03. The van der Waals surface area contributed by atoms with Crippen LogP contribution in [0.25, 0.3) is 0 Å². The number of hydrogen-bond donors (Lipinski definition) is 1. The predicted octanol–water partition coefficient (Wildman–Crippen LogP) is 3.16. The number of carbonyl (C=O) groups is 2. The normalized spacial score (nSPS) is 17.9. The maximum Gasteiger partial charge on any atom is 0.255 e. The monoisotopic (exact) mass is 399 g/mol. The van der Waals surface area contributed by atoms with Crippen LogP contribution >= 0.6 is 11.6 Å².